The van der Waals surface area contributed by atoms with Crippen LogP contribution >= 0.6 is 0 Å². The molecule has 0 saturated carbocycles. The highest BCUT2D eigenvalue weighted by Crippen LogP contribution is 2.26. The Morgan fingerprint density at radius 2 is 2.16 bits per heavy atom. The average Bonchev–Trinajstić information content (AvgIpc) is 2.46. The summed E-state index contributed by atoms with van der Waals surface area (Å²) in [6, 6.07) is 5.90. The predicted octanol–water partition coefficient (Wildman–Crippen LogP) is 2.90. The van der Waals surface area contributed by atoms with Gasteiger partial charge in [-0.05, 0) is 37.3 Å². The molecule has 1 aliphatic heterocycles. The number of rotatable bonds is 6. The normalized spacial score (nSPS) is 16.3. The lowest BCUT2D eigenvalue weighted by molar-refractivity contribution is 0.0699. The minimum absolute atomic E-state index is 0.699. The van der Waals surface area contributed by atoms with Crippen molar-refractivity contribution in [2.24, 2.45) is 5.92 Å². The van der Waals surface area contributed by atoms with Crippen LogP contribution in [0.25, 0.3) is 0 Å². The van der Waals surface area contributed by atoms with Crippen LogP contribution in [0.3, 0.4) is 0 Å². The molecule has 0 spiro atoms. The lowest BCUT2D eigenvalue weighted by Gasteiger charge is -2.22. The maximum Gasteiger partial charge on any atom is 0.144 e. The van der Waals surface area contributed by atoms with E-state index in [0.717, 1.165) is 50.5 Å². The fourth-order valence-electron chi connectivity index (χ4n) is 2.19. The number of hydrogen-bond acceptors (Lipinski definition) is 4. The summed E-state index contributed by atoms with van der Waals surface area (Å²) in [5.74, 6) is 1.48. The smallest absolute Gasteiger partial charge is 0.144 e. The molecule has 0 amide bonds. The molecule has 2 rings (SSSR count). The van der Waals surface area contributed by atoms with Crippen molar-refractivity contribution >= 4 is 11.4 Å². The van der Waals surface area contributed by atoms with Crippen LogP contribution in [0, 0.1) is 5.92 Å². The van der Waals surface area contributed by atoms with Crippen molar-refractivity contribution in [3.8, 4) is 5.75 Å². The summed E-state index contributed by atoms with van der Waals surface area (Å²) in [7, 11) is 0. The SMILES string of the molecule is CCCOc1cc(NCC2CCOCC2)ccc1N. The van der Waals surface area contributed by atoms with E-state index in [4.69, 9.17) is 15.2 Å². The highest BCUT2D eigenvalue weighted by Gasteiger charge is 2.13. The van der Waals surface area contributed by atoms with Crippen LogP contribution in [0.5, 0.6) is 5.75 Å². The van der Waals surface area contributed by atoms with Crippen molar-refractivity contribution in [3.05, 3.63) is 18.2 Å². The Balaban J connectivity index is 1.88. The number of ether oxygens (including phenoxy) is 2. The minimum atomic E-state index is 0.699. The zero-order valence-electron chi connectivity index (χ0n) is 11.7. The van der Waals surface area contributed by atoms with Gasteiger partial charge in [-0.15, -0.1) is 0 Å². The van der Waals surface area contributed by atoms with Gasteiger partial charge in [0.15, 0.2) is 0 Å². The quantitative estimate of drug-likeness (QED) is 0.776. The molecule has 0 aliphatic carbocycles. The summed E-state index contributed by atoms with van der Waals surface area (Å²) in [5.41, 5.74) is 7.67. The molecular weight excluding hydrogens is 240 g/mol. The monoisotopic (exact) mass is 264 g/mol. The molecule has 4 heteroatoms. The van der Waals surface area contributed by atoms with E-state index in [1.54, 1.807) is 0 Å². The summed E-state index contributed by atoms with van der Waals surface area (Å²) in [6.45, 7) is 5.55. The third kappa shape index (κ3) is 4.31. The van der Waals surface area contributed by atoms with Gasteiger partial charge in [-0.25, -0.2) is 0 Å². The van der Waals surface area contributed by atoms with E-state index in [1.807, 2.05) is 18.2 Å². The van der Waals surface area contributed by atoms with Crippen LogP contribution in [0.15, 0.2) is 18.2 Å². The van der Waals surface area contributed by atoms with E-state index in [1.165, 1.54) is 0 Å². The van der Waals surface area contributed by atoms with Crippen LogP contribution in [0.1, 0.15) is 26.2 Å². The van der Waals surface area contributed by atoms with Crippen molar-refractivity contribution in [3.63, 3.8) is 0 Å². The Kier molecular flexibility index (Phi) is 5.33. The van der Waals surface area contributed by atoms with Gasteiger partial charge in [-0.1, -0.05) is 6.92 Å². The zero-order valence-corrected chi connectivity index (χ0v) is 11.7. The topological polar surface area (TPSA) is 56.5 Å². The van der Waals surface area contributed by atoms with Crippen LogP contribution < -0.4 is 15.8 Å². The van der Waals surface area contributed by atoms with Gasteiger partial charge in [0.2, 0.25) is 0 Å². The maximum absolute atomic E-state index is 5.90. The number of nitrogen functional groups attached to an aromatic ring is 1. The third-order valence-electron chi connectivity index (χ3n) is 3.41. The van der Waals surface area contributed by atoms with Crippen LogP contribution in [0.4, 0.5) is 11.4 Å². The van der Waals surface area contributed by atoms with Gasteiger partial charge in [0.1, 0.15) is 5.75 Å². The lowest BCUT2D eigenvalue weighted by Crippen LogP contribution is -2.22. The largest absolute Gasteiger partial charge is 0.491 e. The molecule has 1 fully saturated rings. The first-order valence-electron chi connectivity index (χ1n) is 7.13. The predicted molar refractivity (Wildman–Crippen MR) is 78.7 cm³/mol. The summed E-state index contributed by atoms with van der Waals surface area (Å²) in [5, 5.41) is 3.47. The van der Waals surface area contributed by atoms with Gasteiger partial charge in [0.25, 0.3) is 0 Å². The molecule has 1 aliphatic rings. The van der Waals surface area contributed by atoms with Crippen LogP contribution in [-0.2, 0) is 4.74 Å². The van der Waals surface area contributed by atoms with Crippen molar-refractivity contribution < 1.29 is 9.47 Å². The van der Waals surface area contributed by atoms with Gasteiger partial charge >= 0.3 is 0 Å². The molecular formula is C15H24N2O2. The fraction of sp³-hybridized carbons (Fsp3) is 0.600. The number of benzene rings is 1. The first-order chi connectivity index (χ1) is 9.29. The van der Waals surface area contributed by atoms with E-state index in [-0.39, 0.29) is 0 Å². The molecule has 1 heterocycles. The third-order valence-corrected chi connectivity index (χ3v) is 3.41. The summed E-state index contributed by atoms with van der Waals surface area (Å²) >= 11 is 0. The van der Waals surface area contributed by atoms with Gasteiger partial charge < -0.3 is 20.5 Å². The van der Waals surface area contributed by atoms with Crippen molar-refractivity contribution in [1.82, 2.24) is 0 Å². The van der Waals surface area contributed by atoms with Gasteiger partial charge in [-0.3, -0.25) is 0 Å². The second-order valence-electron chi connectivity index (χ2n) is 5.04. The summed E-state index contributed by atoms with van der Waals surface area (Å²) in [4.78, 5) is 0. The Labute approximate surface area is 115 Å². The Hall–Kier alpha value is -1.42. The molecule has 3 N–H and O–H groups in total. The van der Waals surface area contributed by atoms with Crippen LogP contribution in [-0.4, -0.2) is 26.4 Å². The van der Waals surface area contributed by atoms with E-state index in [0.29, 0.717) is 18.2 Å². The first-order valence-corrected chi connectivity index (χ1v) is 7.13. The molecule has 19 heavy (non-hydrogen) atoms. The Bertz CT molecular complexity index is 390. The van der Waals surface area contributed by atoms with Gasteiger partial charge in [0, 0.05) is 31.5 Å². The molecule has 0 bridgehead atoms. The highest BCUT2D eigenvalue weighted by molar-refractivity contribution is 5.61. The van der Waals surface area contributed by atoms with Crippen molar-refractivity contribution in [1.29, 1.82) is 0 Å². The lowest BCUT2D eigenvalue weighted by atomic mass is 10.0. The first kappa shape index (κ1) is 14.0. The molecule has 0 atom stereocenters. The molecule has 4 nitrogen and oxygen atoms in total. The number of hydrogen-bond donors (Lipinski definition) is 2. The fourth-order valence-corrected chi connectivity index (χ4v) is 2.19. The standard InChI is InChI=1S/C15H24N2O2/c1-2-7-19-15-10-13(3-4-14(15)16)17-11-12-5-8-18-9-6-12/h3-4,10,12,17H,2,5-9,11,16H2,1H3. The van der Waals surface area contributed by atoms with E-state index in [2.05, 4.69) is 12.2 Å². The molecule has 0 unspecified atom stereocenters. The highest BCUT2D eigenvalue weighted by atomic mass is 16.5. The van der Waals surface area contributed by atoms with E-state index < -0.39 is 0 Å². The van der Waals surface area contributed by atoms with Crippen LogP contribution in [0.2, 0.25) is 0 Å². The average molecular weight is 264 g/mol. The summed E-state index contributed by atoms with van der Waals surface area (Å²) in [6.07, 6.45) is 3.27. The summed E-state index contributed by atoms with van der Waals surface area (Å²) < 4.78 is 11.0. The van der Waals surface area contributed by atoms with E-state index >= 15 is 0 Å². The molecule has 1 aromatic carbocycles. The maximum atomic E-state index is 5.90. The van der Waals surface area contributed by atoms with Crippen molar-refractivity contribution in [2.75, 3.05) is 37.4 Å². The second-order valence-corrected chi connectivity index (χ2v) is 5.04. The van der Waals surface area contributed by atoms with Gasteiger partial charge in [0.05, 0.1) is 12.3 Å². The number of anilines is 2. The van der Waals surface area contributed by atoms with Gasteiger partial charge in [-0.2, -0.15) is 0 Å². The molecule has 0 radical (unpaired) electrons. The Morgan fingerprint density at radius 3 is 2.89 bits per heavy atom. The Morgan fingerprint density at radius 1 is 1.37 bits per heavy atom. The second kappa shape index (κ2) is 7.24. The van der Waals surface area contributed by atoms with E-state index in [9.17, 15) is 0 Å². The number of nitrogens with one attached hydrogen (secondary N) is 1. The number of nitrogens with two attached hydrogens (primary N) is 1. The molecule has 106 valence electrons. The van der Waals surface area contributed by atoms with Crippen molar-refractivity contribution in [2.45, 2.75) is 26.2 Å². The minimum Gasteiger partial charge on any atom is -0.491 e. The molecule has 0 aromatic heterocycles. The molecule has 1 saturated heterocycles. The zero-order chi connectivity index (χ0) is 13.5. The molecule has 1 aromatic rings.